The minimum absolute atomic E-state index is 0.178. The Morgan fingerprint density at radius 3 is 2.20 bits per heavy atom. The molecule has 4 heteroatoms. The van der Waals surface area contributed by atoms with Gasteiger partial charge in [-0.1, -0.05) is 12.2 Å². The van der Waals surface area contributed by atoms with Gasteiger partial charge in [0.15, 0.2) is 0 Å². The second-order valence-electron chi connectivity index (χ2n) is 6.99. The summed E-state index contributed by atoms with van der Waals surface area (Å²) in [5.74, 6) is -0.946. The molecule has 2 atom stereocenters. The van der Waals surface area contributed by atoms with Gasteiger partial charge in [0, 0.05) is 0 Å². The van der Waals surface area contributed by atoms with E-state index in [9.17, 15) is 9.90 Å². The molecule has 1 heterocycles. The molecule has 0 bridgehead atoms. The van der Waals surface area contributed by atoms with Gasteiger partial charge in [-0.2, -0.15) is 0 Å². The van der Waals surface area contributed by atoms with E-state index < -0.39 is 12.0 Å². The molecule has 1 aliphatic rings. The molecule has 0 radical (unpaired) electrons. The van der Waals surface area contributed by atoms with Gasteiger partial charge in [0.25, 0.3) is 0 Å². The second-order valence-corrected chi connectivity index (χ2v) is 6.99. The van der Waals surface area contributed by atoms with Crippen molar-refractivity contribution < 1.29 is 14.7 Å². The Morgan fingerprint density at radius 2 is 1.75 bits per heavy atom. The maximum Gasteiger partial charge on any atom is 0.330 e. The fraction of sp³-hybridized carbons (Fsp3) is 0.812. The zero-order valence-electron chi connectivity index (χ0n) is 13.6. The number of rotatable bonds is 4. The number of hydrogen-bond acceptors (Lipinski definition) is 4. The first-order valence-electron chi connectivity index (χ1n) is 7.45. The van der Waals surface area contributed by atoms with E-state index in [4.69, 9.17) is 4.84 Å². The number of nitrogens with zero attached hydrogens (tertiary/aromatic N) is 1. The second kappa shape index (κ2) is 6.27. The first kappa shape index (κ1) is 17.2. The standard InChI is InChI=1S/C16H29NO3/c1-7-9-13(18)12(2)14(19)20-17-15(3,4)10-8-11-16(17,5)6/h7,9,12-13,18H,8,10-11H2,1-6H3/b9-7+/t12-,13-/m0/s1. The average Bonchev–Trinajstić information content (AvgIpc) is 2.32. The Balaban J connectivity index is 2.81. The topological polar surface area (TPSA) is 49.8 Å². The fourth-order valence-corrected chi connectivity index (χ4v) is 2.90. The lowest BCUT2D eigenvalue weighted by Gasteiger charge is -2.50. The number of hydroxylamine groups is 2. The van der Waals surface area contributed by atoms with Crippen molar-refractivity contribution in [2.45, 2.75) is 78.0 Å². The van der Waals surface area contributed by atoms with Crippen molar-refractivity contribution in [3.05, 3.63) is 12.2 Å². The first-order chi connectivity index (χ1) is 9.12. The molecule has 1 fully saturated rings. The Kier molecular flexibility index (Phi) is 5.39. The van der Waals surface area contributed by atoms with E-state index >= 15 is 0 Å². The van der Waals surface area contributed by atoms with Crippen LogP contribution in [0.5, 0.6) is 0 Å². The zero-order chi connectivity index (χ0) is 15.6. The number of carbonyl (C=O) groups is 1. The summed E-state index contributed by atoms with van der Waals surface area (Å²) < 4.78 is 0. The van der Waals surface area contributed by atoms with Gasteiger partial charge in [-0.05, 0) is 60.8 Å². The molecule has 0 aromatic heterocycles. The fourth-order valence-electron chi connectivity index (χ4n) is 2.90. The van der Waals surface area contributed by atoms with Gasteiger partial charge in [0.05, 0.1) is 23.1 Å². The normalized spacial score (nSPS) is 25.4. The number of aliphatic hydroxyl groups is 1. The Morgan fingerprint density at radius 1 is 1.25 bits per heavy atom. The largest absolute Gasteiger partial charge is 0.388 e. The van der Waals surface area contributed by atoms with Gasteiger partial charge in [-0.3, -0.25) is 0 Å². The quantitative estimate of drug-likeness (QED) is 0.806. The van der Waals surface area contributed by atoms with Crippen LogP contribution in [0.1, 0.15) is 60.8 Å². The molecule has 1 N–H and O–H groups in total. The summed E-state index contributed by atoms with van der Waals surface area (Å²) >= 11 is 0. The Labute approximate surface area is 122 Å². The molecule has 116 valence electrons. The van der Waals surface area contributed by atoms with Gasteiger partial charge < -0.3 is 9.94 Å². The van der Waals surface area contributed by atoms with Crippen LogP contribution in [0.25, 0.3) is 0 Å². The van der Waals surface area contributed by atoms with Crippen LogP contribution in [0.2, 0.25) is 0 Å². The molecule has 4 nitrogen and oxygen atoms in total. The highest BCUT2D eigenvalue weighted by atomic mass is 16.7. The molecule has 0 amide bonds. The van der Waals surface area contributed by atoms with E-state index in [1.807, 2.05) is 12.0 Å². The maximum absolute atomic E-state index is 12.2. The van der Waals surface area contributed by atoms with Gasteiger partial charge in [0.1, 0.15) is 0 Å². The highest BCUT2D eigenvalue weighted by Gasteiger charge is 2.45. The van der Waals surface area contributed by atoms with E-state index in [2.05, 4.69) is 27.7 Å². The third-order valence-electron chi connectivity index (χ3n) is 4.13. The highest BCUT2D eigenvalue weighted by molar-refractivity contribution is 5.72. The summed E-state index contributed by atoms with van der Waals surface area (Å²) in [6.07, 6.45) is 5.67. The Bertz CT molecular complexity index is 358. The smallest absolute Gasteiger partial charge is 0.330 e. The molecule has 20 heavy (non-hydrogen) atoms. The van der Waals surface area contributed by atoms with Crippen molar-refractivity contribution in [1.29, 1.82) is 0 Å². The molecular formula is C16H29NO3. The number of carbonyl (C=O) groups excluding carboxylic acids is 1. The van der Waals surface area contributed by atoms with Crippen molar-refractivity contribution in [2.75, 3.05) is 0 Å². The predicted octanol–water partition coefficient (Wildman–Crippen LogP) is 3.06. The first-order valence-corrected chi connectivity index (χ1v) is 7.45. The lowest BCUT2D eigenvalue weighted by Crippen LogP contribution is -2.59. The van der Waals surface area contributed by atoms with Gasteiger partial charge >= 0.3 is 5.97 Å². The van der Waals surface area contributed by atoms with E-state index in [0.29, 0.717) is 0 Å². The molecule has 0 spiro atoms. The van der Waals surface area contributed by atoms with Crippen molar-refractivity contribution in [3.63, 3.8) is 0 Å². The SMILES string of the molecule is C/C=C/[C@H](O)[C@H](C)C(=O)ON1C(C)(C)CCCC1(C)C. The minimum atomic E-state index is -0.802. The van der Waals surface area contributed by atoms with E-state index in [0.717, 1.165) is 19.3 Å². The molecule has 0 aromatic rings. The number of hydrogen-bond donors (Lipinski definition) is 1. The maximum atomic E-state index is 12.2. The molecule has 0 aliphatic carbocycles. The van der Waals surface area contributed by atoms with E-state index in [1.165, 1.54) is 0 Å². The van der Waals surface area contributed by atoms with Crippen LogP contribution in [0.4, 0.5) is 0 Å². The van der Waals surface area contributed by atoms with Crippen LogP contribution >= 0.6 is 0 Å². The van der Waals surface area contributed by atoms with Crippen molar-refractivity contribution in [2.24, 2.45) is 5.92 Å². The average molecular weight is 283 g/mol. The third-order valence-corrected chi connectivity index (χ3v) is 4.13. The lowest BCUT2D eigenvalue weighted by molar-refractivity contribution is -0.269. The van der Waals surface area contributed by atoms with Crippen LogP contribution in [0, 0.1) is 5.92 Å². The summed E-state index contributed by atoms with van der Waals surface area (Å²) in [6.45, 7) is 11.9. The van der Waals surface area contributed by atoms with Crippen molar-refractivity contribution >= 4 is 5.97 Å². The summed E-state index contributed by atoms with van der Waals surface area (Å²) in [6, 6.07) is 0. The van der Waals surface area contributed by atoms with Gasteiger partial charge in [0.2, 0.25) is 0 Å². The summed E-state index contributed by atoms with van der Waals surface area (Å²) in [5, 5.41) is 11.7. The van der Waals surface area contributed by atoms with Gasteiger partial charge in [-0.25, -0.2) is 4.79 Å². The minimum Gasteiger partial charge on any atom is -0.388 e. The number of piperidine rings is 1. The van der Waals surface area contributed by atoms with Gasteiger partial charge in [-0.15, -0.1) is 5.06 Å². The highest BCUT2D eigenvalue weighted by Crippen LogP contribution is 2.38. The Hall–Kier alpha value is -0.870. The molecule has 0 aromatic carbocycles. The summed E-state index contributed by atoms with van der Waals surface area (Å²) in [7, 11) is 0. The van der Waals surface area contributed by atoms with Crippen molar-refractivity contribution in [3.8, 4) is 0 Å². The zero-order valence-corrected chi connectivity index (χ0v) is 13.6. The van der Waals surface area contributed by atoms with E-state index in [1.54, 1.807) is 19.1 Å². The lowest BCUT2D eigenvalue weighted by atomic mass is 9.82. The van der Waals surface area contributed by atoms with Crippen LogP contribution in [-0.4, -0.2) is 33.3 Å². The molecule has 0 unspecified atom stereocenters. The molecular weight excluding hydrogens is 254 g/mol. The van der Waals surface area contributed by atoms with Crippen LogP contribution in [-0.2, 0) is 9.63 Å². The third kappa shape index (κ3) is 3.83. The summed E-state index contributed by atoms with van der Waals surface area (Å²) in [4.78, 5) is 17.9. The number of allylic oxidation sites excluding steroid dienone is 1. The monoisotopic (exact) mass is 283 g/mol. The molecule has 1 aliphatic heterocycles. The molecule has 1 rings (SSSR count). The number of aliphatic hydroxyl groups excluding tert-OH is 1. The van der Waals surface area contributed by atoms with Crippen LogP contribution < -0.4 is 0 Å². The van der Waals surface area contributed by atoms with Crippen molar-refractivity contribution in [1.82, 2.24) is 5.06 Å². The van der Waals surface area contributed by atoms with Crippen LogP contribution in [0.15, 0.2) is 12.2 Å². The van der Waals surface area contributed by atoms with E-state index in [-0.39, 0.29) is 17.0 Å². The summed E-state index contributed by atoms with van der Waals surface area (Å²) in [5.41, 5.74) is -0.356. The molecule has 0 saturated carbocycles. The predicted molar refractivity (Wildman–Crippen MR) is 79.9 cm³/mol. The van der Waals surface area contributed by atoms with Crippen LogP contribution in [0.3, 0.4) is 0 Å². The molecule has 1 saturated heterocycles.